The van der Waals surface area contributed by atoms with Crippen LogP contribution in [0.3, 0.4) is 0 Å². The van der Waals surface area contributed by atoms with E-state index in [0.29, 0.717) is 5.41 Å². The lowest BCUT2D eigenvalue weighted by Gasteiger charge is -2.33. The molecule has 5 nitrogen and oxygen atoms in total. The van der Waals surface area contributed by atoms with Gasteiger partial charge in [-0.3, -0.25) is 4.79 Å². The van der Waals surface area contributed by atoms with Gasteiger partial charge < -0.3 is 15.1 Å². The Kier molecular flexibility index (Phi) is 6.09. The largest absolute Gasteiger partial charge is 0.356 e. The molecule has 0 radical (unpaired) electrons. The van der Waals surface area contributed by atoms with Crippen LogP contribution in [0.15, 0.2) is 4.99 Å². The fraction of sp³-hybridized carbons (Fsp3) is 0.882. The van der Waals surface area contributed by atoms with E-state index in [1.165, 1.54) is 38.5 Å². The van der Waals surface area contributed by atoms with Crippen molar-refractivity contribution in [3.8, 4) is 0 Å². The number of nitrogens with zero attached hydrogens (tertiary/aromatic N) is 3. The van der Waals surface area contributed by atoms with Crippen LogP contribution >= 0.6 is 0 Å². The molecule has 1 saturated carbocycles. The van der Waals surface area contributed by atoms with Crippen molar-refractivity contribution in [2.24, 2.45) is 10.4 Å². The molecule has 1 heterocycles. The molecule has 2 fully saturated rings. The maximum absolute atomic E-state index is 11.8. The fourth-order valence-corrected chi connectivity index (χ4v) is 3.61. The van der Waals surface area contributed by atoms with Gasteiger partial charge in [0.15, 0.2) is 5.96 Å². The molecule has 2 rings (SSSR count). The Bertz CT molecular complexity index is 399. The molecule has 1 amide bonds. The van der Waals surface area contributed by atoms with E-state index in [1.54, 1.807) is 19.0 Å². The molecule has 1 saturated heterocycles. The Hall–Kier alpha value is -1.26. The summed E-state index contributed by atoms with van der Waals surface area (Å²) in [5.74, 6) is 0.988. The highest BCUT2D eigenvalue weighted by atomic mass is 16.2. The molecule has 5 heteroatoms. The number of carbonyl (C=O) groups is 1. The maximum atomic E-state index is 11.8. The minimum absolute atomic E-state index is 0.0578. The van der Waals surface area contributed by atoms with Crippen molar-refractivity contribution < 1.29 is 4.79 Å². The summed E-state index contributed by atoms with van der Waals surface area (Å²) in [5.41, 5.74) is 0.512. The second-order valence-corrected chi connectivity index (χ2v) is 7.09. The van der Waals surface area contributed by atoms with Crippen LogP contribution in [0, 0.1) is 5.41 Å². The fourth-order valence-electron chi connectivity index (χ4n) is 3.61. The van der Waals surface area contributed by atoms with Crippen LogP contribution in [0.25, 0.3) is 0 Å². The van der Waals surface area contributed by atoms with Gasteiger partial charge in [-0.2, -0.15) is 0 Å². The predicted molar refractivity (Wildman–Crippen MR) is 91.0 cm³/mol. The summed E-state index contributed by atoms with van der Waals surface area (Å²) in [4.78, 5) is 20.4. The highest BCUT2D eigenvalue weighted by Crippen LogP contribution is 2.43. The molecule has 1 spiro atoms. The van der Waals surface area contributed by atoms with Gasteiger partial charge in [0.2, 0.25) is 5.91 Å². The molecule has 22 heavy (non-hydrogen) atoms. The second kappa shape index (κ2) is 7.84. The minimum Gasteiger partial charge on any atom is -0.356 e. The number of likely N-dealkylation sites (N-methyl/N-ethyl adjacent to an activating group) is 1. The van der Waals surface area contributed by atoms with E-state index in [0.717, 1.165) is 32.0 Å². The lowest BCUT2D eigenvalue weighted by molar-refractivity contribution is -0.127. The summed E-state index contributed by atoms with van der Waals surface area (Å²) in [7, 11) is 3.56. The van der Waals surface area contributed by atoms with E-state index >= 15 is 0 Å². The summed E-state index contributed by atoms with van der Waals surface area (Å²) in [6, 6.07) is 0. The van der Waals surface area contributed by atoms with Crippen molar-refractivity contribution >= 4 is 11.9 Å². The van der Waals surface area contributed by atoms with Crippen LogP contribution in [0.5, 0.6) is 0 Å². The number of hydrogen-bond donors (Lipinski definition) is 1. The van der Waals surface area contributed by atoms with Crippen molar-refractivity contribution in [2.45, 2.75) is 51.9 Å². The molecule has 0 aromatic carbocycles. The quantitative estimate of drug-likeness (QED) is 0.639. The Morgan fingerprint density at radius 3 is 2.59 bits per heavy atom. The molecular formula is C17H32N4O. The lowest BCUT2D eigenvalue weighted by atomic mass is 9.73. The van der Waals surface area contributed by atoms with Gasteiger partial charge in [0.05, 0.1) is 0 Å². The van der Waals surface area contributed by atoms with Gasteiger partial charge in [0.1, 0.15) is 6.54 Å². The van der Waals surface area contributed by atoms with Gasteiger partial charge in [-0.05, 0) is 31.1 Å². The first-order valence-corrected chi connectivity index (χ1v) is 8.80. The van der Waals surface area contributed by atoms with Crippen molar-refractivity contribution in [2.75, 3.05) is 40.3 Å². The lowest BCUT2D eigenvalue weighted by Crippen LogP contribution is -2.42. The smallest absolute Gasteiger partial charge is 0.243 e. The third kappa shape index (κ3) is 4.37. The molecule has 0 bridgehead atoms. The summed E-state index contributed by atoms with van der Waals surface area (Å²) in [6.45, 7) is 5.49. The normalized spacial score (nSPS) is 21.2. The number of guanidine groups is 1. The molecule has 1 N–H and O–H groups in total. The Morgan fingerprint density at radius 2 is 1.95 bits per heavy atom. The molecule has 0 atom stereocenters. The van der Waals surface area contributed by atoms with Crippen LogP contribution in [0.2, 0.25) is 0 Å². The van der Waals surface area contributed by atoms with Gasteiger partial charge in [0, 0.05) is 33.7 Å². The highest BCUT2D eigenvalue weighted by Gasteiger charge is 2.39. The third-order valence-corrected chi connectivity index (χ3v) is 5.05. The first-order chi connectivity index (χ1) is 10.6. The average molecular weight is 308 g/mol. The summed E-state index contributed by atoms with van der Waals surface area (Å²) in [5, 5.41) is 3.43. The van der Waals surface area contributed by atoms with Crippen molar-refractivity contribution in [1.29, 1.82) is 0 Å². The van der Waals surface area contributed by atoms with E-state index in [4.69, 9.17) is 0 Å². The summed E-state index contributed by atoms with van der Waals surface area (Å²) in [6.07, 6.45) is 9.22. The molecule has 1 aliphatic heterocycles. The average Bonchev–Trinajstić information content (AvgIpc) is 2.91. The molecule has 2 aliphatic rings. The van der Waals surface area contributed by atoms with Gasteiger partial charge in [-0.25, -0.2) is 4.99 Å². The Morgan fingerprint density at radius 1 is 1.23 bits per heavy atom. The topological polar surface area (TPSA) is 47.9 Å². The molecular weight excluding hydrogens is 276 g/mol. The third-order valence-electron chi connectivity index (χ3n) is 5.05. The summed E-state index contributed by atoms with van der Waals surface area (Å²) >= 11 is 0. The van der Waals surface area contributed by atoms with Crippen LogP contribution in [-0.4, -0.2) is 61.9 Å². The highest BCUT2D eigenvalue weighted by molar-refractivity contribution is 5.85. The van der Waals surface area contributed by atoms with Gasteiger partial charge >= 0.3 is 0 Å². The SMILES string of the molecule is CCCNC(=NCC(=O)N(C)C)N1CCC2(CCCCC2)C1. The first-order valence-electron chi connectivity index (χ1n) is 8.80. The molecule has 0 aromatic rings. The number of aliphatic imine (C=N–C) groups is 1. The summed E-state index contributed by atoms with van der Waals surface area (Å²) < 4.78 is 0. The van der Waals surface area contributed by atoms with Crippen LogP contribution in [0.4, 0.5) is 0 Å². The van der Waals surface area contributed by atoms with Crippen LogP contribution < -0.4 is 5.32 Å². The van der Waals surface area contributed by atoms with Crippen LogP contribution in [-0.2, 0) is 4.79 Å². The van der Waals surface area contributed by atoms with Gasteiger partial charge in [0.25, 0.3) is 0 Å². The van der Waals surface area contributed by atoms with E-state index in [1.807, 2.05) is 0 Å². The molecule has 0 aromatic heterocycles. The van der Waals surface area contributed by atoms with E-state index in [-0.39, 0.29) is 12.5 Å². The monoisotopic (exact) mass is 308 g/mol. The minimum atomic E-state index is 0.0578. The number of nitrogens with one attached hydrogen (secondary N) is 1. The Labute approximate surface area is 135 Å². The zero-order valence-corrected chi connectivity index (χ0v) is 14.5. The second-order valence-electron chi connectivity index (χ2n) is 7.09. The van der Waals surface area contributed by atoms with Crippen molar-refractivity contribution in [1.82, 2.24) is 15.1 Å². The number of hydrogen-bond acceptors (Lipinski definition) is 2. The zero-order chi connectivity index (χ0) is 16.0. The van der Waals surface area contributed by atoms with Gasteiger partial charge in [-0.1, -0.05) is 26.2 Å². The molecule has 0 unspecified atom stereocenters. The standard InChI is InChI=1S/C17H32N4O/c1-4-11-18-16(19-13-15(22)20(2)3)21-12-10-17(14-21)8-6-5-7-9-17/h4-14H2,1-3H3,(H,18,19). The number of rotatable bonds is 4. The van der Waals surface area contributed by atoms with Crippen molar-refractivity contribution in [3.05, 3.63) is 0 Å². The number of amides is 1. The van der Waals surface area contributed by atoms with Crippen LogP contribution in [0.1, 0.15) is 51.9 Å². The number of carbonyl (C=O) groups excluding carboxylic acids is 1. The van der Waals surface area contributed by atoms with Gasteiger partial charge in [-0.15, -0.1) is 0 Å². The predicted octanol–water partition coefficient (Wildman–Crippen LogP) is 2.09. The number of likely N-dealkylation sites (tertiary alicyclic amines) is 1. The molecule has 1 aliphatic carbocycles. The Balaban J connectivity index is 1.99. The van der Waals surface area contributed by atoms with E-state index < -0.39 is 0 Å². The van der Waals surface area contributed by atoms with E-state index in [9.17, 15) is 4.79 Å². The zero-order valence-electron chi connectivity index (χ0n) is 14.5. The maximum Gasteiger partial charge on any atom is 0.243 e. The van der Waals surface area contributed by atoms with E-state index in [2.05, 4.69) is 22.1 Å². The van der Waals surface area contributed by atoms with Crippen molar-refractivity contribution in [3.63, 3.8) is 0 Å². The molecule has 126 valence electrons. The first kappa shape index (κ1) is 17.1.